The highest BCUT2D eigenvalue weighted by molar-refractivity contribution is 5.94. The first kappa shape index (κ1) is 15.8. The number of carbonyl (C=O) groups is 1. The lowest BCUT2D eigenvalue weighted by atomic mass is 9.96. The van der Waals surface area contributed by atoms with Gasteiger partial charge in [-0.1, -0.05) is 6.92 Å². The fourth-order valence-corrected chi connectivity index (χ4v) is 2.38. The number of benzene rings is 1. The highest BCUT2D eigenvalue weighted by Gasteiger charge is 2.35. The molecule has 2 unspecified atom stereocenters. The molecule has 1 amide bonds. The van der Waals surface area contributed by atoms with Crippen LogP contribution in [0.4, 0.5) is 17.6 Å². The Labute approximate surface area is 119 Å². The first-order valence-electron chi connectivity index (χ1n) is 6.54. The van der Waals surface area contributed by atoms with Gasteiger partial charge < -0.3 is 10.0 Å². The van der Waals surface area contributed by atoms with Crippen LogP contribution in [0.25, 0.3) is 0 Å². The highest BCUT2D eigenvalue weighted by Crippen LogP contribution is 2.32. The van der Waals surface area contributed by atoms with E-state index in [1.54, 1.807) is 6.92 Å². The molecule has 1 fully saturated rings. The molecular weight excluding hydrogens is 290 g/mol. The van der Waals surface area contributed by atoms with Crippen LogP contribution in [0.2, 0.25) is 0 Å². The zero-order chi connectivity index (χ0) is 15.8. The number of aliphatic hydroxyl groups excluding tert-OH is 1. The van der Waals surface area contributed by atoms with E-state index in [1.165, 1.54) is 4.90 Å². The maximum atomic E-state index is 13.2. The van der Waals surface area contributed by atoms with Crippen LogP contribution >= 0.6 is 0 Å². The van der Waals surface area contributed by atoms with Crippen LogP contribution in [0.15, 0.2) is 18.2 Å². The Morgan fingerprint density at radius 3 is 2.62 bits per heavy atom. The Kier molecular flexibility index (Phi) is 4.22. The first-order chi connectivity index (χ1) is 9.70. The largest absolute Gasteiger partial charge is 0.419 e. The molecule has 116 valence electrons. The fourth-order valence-electron chi connectivity index (χ4n) is 2.38. The molecule has 0 radical (unpaired) electrons. The van der Waals surface area contributed by atoms with Gasteiger partial charge in [-0.3, -0.25) is 4.79 Å². The lowest BCUT2D eigenvalue weighted by molar-refractivity contribution is -0.140. The smallest absolute Gasteiger partial charge is 0.393 e. The molecule has 2 rings (SSSR count). The lowest BCUT2D eigenvalue weighted by Gasteiger charge is -2.34. The SMILES string of the molecule is CC1CN(C(=O)c2ccc(F)c(C(F)(F)F)c2)CCC1O. The number of likely N-dealkylation sites (tertiary alicyclic amines) is 1. The average Bonchev–Trinajstić information content (AvgIpc) is 2.40. The zero-order valence-corrected chi connectivity index (χ0v) is 11.3. The van der Waals surface area contributed by atoms with Gasteiger partial charge in [0.25, 0.3) is 5.91 Å². The minimum Gasteiger partial charge on any atom is -0.393 e. The van der Waals surface area contributed by atoms with Gasteiger partial charge in [-0.25, -0.2) is 4.39 Å². The predicted octanol–water partition coefficient (Wildman–Crippen LogP) is 2.69. The summed E-state index contributed by atoms with van der Waals surface area (Å²) < 4.78 is 51.2. The summed E-state index contributed by atoms with van der Waals surface area (Å²) in [4.78, 5) is 13.6. The van der Waals surface area contributed by atoms with Gasteiger partial charge in [0.1, 0.15) is 5.82 Å². The number of piperidine rings is 1. The van der Waals surface area contributed by atoms with Crippen molar-refractivity contribution < 1.29 is 27.5 Å². The van der Waals surface area contributed by atoms with Crippen molar-refractivity contribution >= 4 is 5.91 Å². The Bertz CT molecular complexity index is 544. The van der Waals surface area contributed by atoms with E-state index in [1.807, 2.05) is 0 Å². The summed E-state index contributed by atoms with van der Waals surface area (Å²) in [5, 5.41) is 9.60. The lowest BCUT2D eigenvalue weighted by Crippen LogP contribution is -2.45. The van der Waals surface area contributed by atoms with Crippen molar-refractivity contribution in [1.82, 2.24) is 4.90 Å². The number of nitrogens with zero attached hydrogens (tertiary/aromatic N) is 1. The van der Waals surface area contributed by atoms with Crippen LogP contribution in [-0.2, 0) is 6.18 Å². The number of halogens is 4. The topological polar surface area (TPSA) is 40.5 Å². The van der Waals surface area contributed by atoms with E-state index in [0.717, 1.165) is 6.07 Å². The van der Waals surface area contributed by atoms with Crippen molar-refractivity contribution in [3.05, 3.63) is 35.1 Å². The highest BCUT2D eigenvalue weighted by atomic mass is 19.4. The third-order valence-corrected chi connectivity index (χ3v) is 3.67. The minimum atomic E-state index is -4.84. The molecule has 1 saturated heterocycles. The summed E-state index contributed by atoms with van der Waals surface area (Å²) in [7, 11) is 0. The second-order valence-corrected chi connectivity index (χ2v) is 5.28. The monoisotopic (exact) mass is 305 g/mol. The van der Waals surface area contributed by atoms with Gasteiger partial charge in [0, 0.05) is 18.7 Å². The van der Waals surface area contributed by atoms with E-state index in [9.17, 15) is 27.5 Å². The van der Waals surface area contributed by atoms with Gasteiger partial charge in [-0.15, -0.1) is 0 Å². The van der Waals surface area contributed by atoms with Gasteiger partial charge in [-0.2, -0.15) is 13.2 Å². The number of hydrogen-bond acceptors (Lipinski definition) is 2. The van der Waals surface area contributed by atoms with Crippen LogP contribution in [-0.4, -0.2) is 35.1 Å². The number of amides is 1. The molecule has 1 heterocycles. The standard InChI is InChI=1S/C14H15F4NO2/c1-8-7-19(5-4-12(8)20)13(21)9-2-3-11(15)10(6-9)14(16,17)18/h2-3,6,8,12,20H,4-5,7H2,1H3. The zero-order valence-electron chi connectivity index (χ0n) is 11.3. The minimum absolute atomic E-state index is 0.148. The summed E-state index contributed by atoms with van der Waals surface area (Å²) in [6, 6.07) is 2.23. The fraction of sp³-hybridized carbons (Fsp3) is 0.500. The number of rotatable bonds is 1. The predicted molar refractivity (Wildman–Crippen MR) is 67.1 cm³/mol. The van der Waals surface area contributed by atoms with Crippen LogP contribution in [0.5, 0.6) is 0 Å². The normalized spacial score (nSPS) is 23.2. The molecule has 1 N–H and O–H groups in total. The maximum absolute atomic E-state index is 13.2. The molecule has 1 aliphatic heterocycles. The van der Waals surface area contributed by atoms with Crippen molar-refractivity contribution in [2.45, 2.75) is 25.6 Å². The number of hydrogen-bond donors (Lipinski definition) is 1. The Hall–Kier alpha value is -1.63. The van der Waals surface area contributed by atoms with Gasteiger partial charge in [0.05, 0.1) is 11.7 Å². The van der Waals surface area contributed by atoms with Crippen molar-refractivity contribution in [1.29, 1.82) is 0 Å². The second kappa shape index (κ2) is 5.63. The second-order valence-electron chi connectivity index (χ2n) is 5.28. The summed E-state index contributed by atoms with van der Waals surface area (Å²) in [6.45, 7) is 2.29. The van der Waals surface area contributed by atoms with Crippen molar-refractivity contribution in [3.8, 4) is 0 Å². The maximum Gasteiger partial charge on any atom is 0.419 e. The van der Waals surface area contributed by atoms with Crippen LogP contribution < -0.4 is 0 Å². The average molecular weight is 305 g/mol. The Morgan fingerprint density at radius 2 is 2.05 bits per heavy atom. The molecule has 0 spiro atoms. The van der Waals surface area contributed by atoms with Crippen LogP contribution in [0.3, 0.4) is 0 Å². The summed E-state index contributed by atoms with van der Waals surface area (Å²) in [6.07, 6.45) is -4.99. The molecule has 1 aliphatic rings. The quantitative estimate of drug-likeness (QED) is 0.810. The van der Waals surface area contributed by atoms with Gasteiger partial charge in [0.15, 0.2) is 0 Å². The molecule has 0 aromatic heterocycles. The van der Waals surface area contributed by atoms with Crippen molar-refractivity contribution in [2.75, 3.05) is 13.1 Å². The third-order valence-electron chi connectivity index (χ3n) is 3.67. The molecule has 0 aliphatic carbocycles. The molecule has 1 aromatic carbocycles. The van der Waals surface area contributed by atoms with E-state index < -0.39 is 29.6 Å². The van der Waals surface area contributed by atoms with Crippen LogP contribution in [0.1, 0.15) is 29.3 Å². The summed E-state index contributed by atoms with van der Waals surface area (Å²) in [5.74, 6) is -2.13. The van der Waals surface area contributed by atoms with Crippen molar-refractivity contribution in [2.24, 2.45) is 5.92 Å². The molecule has 7 heteroatoms. The van der Waals surface area contributed by atoms with Gasteiger partial charge in [0.2, 0.25) is 0 Å². The van der Waals surface area contributed by atoms with E-state index in [0.29, 0.717) is 18.6 Å². The first-order valence-corrected chi connectivity index (χ1v) is 6.54. The van der Waals surface area contributed by atoms with Crippen LogP contribution in [0, 0.1) is 11.7 Å². The molecule has 1 aromatic rings. The van der Waals surface area contributed by atoms with E-state index in [2.05, 4.69) is 0 Å². The molecule has 2 atom stereocenters. The number of carbonyl (C=O) groups excluding carboxylic acids is 1. The Balaban J connectivity index is 2.24. The molecule has 21 heavy (non-hydrogen) atoms. The molecule has 0 bridgehead atoms. The molecule has 3 nitrogen and oxygen atoms in total. The Morgan fingerprint density at radius 1 is 1.38 bits per heavy atom. The summed E-state index contributed by atoms with van der Waals surface area (Å²) >= 11 is 0. The van der Waals surface area contributed by atoms with E-state index in [-0.39, 0.29) is 24.6 Å². The third kappa shape index (κ3) is 3.34. The molecule has 0 saturated carbocycles. The van der Waals surface area contributed by atoms with E-state index >= 15 is 0 Å². The number of alkyl halides is 3. The summed E-state index contributed by atoms with van der Waals surface area (Å²) in [5.41, 5.74) is -1.65. The molecular formula is C14H15F4NO2. The van der Waals surface area contributed by atoms with Crippen molar-refractivity contribution in [3.63, 3.8) is 0 Å². The van der Waals surface area contributed by atoms with Gasteiger partial charge >= 0.3 is 6.18 Å². The number of aliphatic hydroxyl groups is 1. The van der Waals surface area contributed by atoms with E-state index in [4.69, 9.17) is 0 Å². The van der Waals surface area contributed by atoms with Gasteiger partial charge in [-0.05, 0) is 30.5 Å².